The lowest BCUT2D eigenvalue weighted by molar-refractivity contribution is -0.123. The molecule has 2 nitrogen and oxygen atoms in total. The van der Waals surface area contributed by atoms with Crippen molar-refractivity contribution in [2.75, 3.05) is 0 Å². The molecule has 1 fully saturated rings. The second kappa shape index (κ2) is 3.63. The summed E-state index contributed by atoms with van der Waals surface area (Å²) >= 11 is 0. The van der Waals surface area contributed by atoms with Crippen LogP contribution in [-0.2, 0) is 4.79 Å². The SMILES string of the molecule is CCCC(C#N)C(=O)C1C(C)(C)C1(C)C. The lowest BCUT2D eigenvalue weighted by Gasteiger charge is -2.07. The van der Waals surface area contributed by atoms with E-state index in [0.717, 1.165) is 6.42 Å². The Bertz CT molecular complexity index is 295. The van der Waals surface area contributed by atoms with Crippen molar-refractivity contribution in [2.24, 2.45) is 22.7 Å². The molecule has 0 spiro atoms. The van der Waals surface area contributed by atoms with E-state index in [-0.39, 0.29) is 28.4 Å². The summed E-state index contributed by atoms with van der Waals surface area (Å²) < 4.78 is 0. The predicted octanol–water partition coefficient (Wildman–Crippen LogP) is 3.18. The van der Waals surface area contributed by atoms with Crippen LogP contribution >= 0.6 is 0 Å². The summed E-state index contributed by atoms with van der Waals surface area (Å²) in [4.78, 5) is 12.1. The van der Waals surface area contributed by atoms with E-state index in [2.05, 4.69) is 33.8 Å². The molecule has 0 N–H and O–H groups in total. The lowest BCUT2D eigenvalue weighted by Crippen LogP contribution is -2.18. The number of nitriles is 1. The number of carbonyl (C=O) groups is 1. The van der Waals surface area contributed by atoms with Crippen molar-refractivity contribution in [2.45, 2.75) is 47.5 Å². The van der Waals surface area contributed by atoms with Crippen LogP contribution in [0.15, 0.2) is 0 Å². The first kappa shape index (κ1) is 12.2. The molecule has 2 heteroatoms. The Morgan fingerprint density at radius 1 is 1.33 bits per heavy atom. The van der Waals surface area contributed by atoms with Crippen LogP contribution in [0.2, 0.25) is 0 Å². The highest BCUT2D eigenvalue weighted by molar-refractivity contribution is 5.90. The van der Waals surface area contributed by atoms with Gasteiger partial charge in [0.1, 0.15) is 5.92 Å². The average Bonchev–Trinajstić information content (AvgIpc) is 2.52. The van der Waals surface area contributed by atoms with Crippen LogP contribution in [0, 0.1) is 34.0 Å². The molecule has 1 aliphatic rings. The van der Waals surface area contributed by atoms with E-state index in [0.29, 0.717) is 6.42 Å². The predicted molar refractivity (Wildman–Crippen MR) is 60.1 cm³/mol. The normalized spacial score (nSPS) is 24.3. The number of nitrogens with zero attached hydrogens (tertiary/aromatic N) is 1. The highest BCUT2D eigenvalue weighted by Crippen LogP contribution is 2.69. The number of rotatable bonds is 4. The van der Waals surface area contributed by atoms with E-state index in [1.54, 1.807) is 0 Å². The first-order chi connectivity index (χ1) is 6.80. The lowest BCUT2D eigenvalue weighted by atomic mass is 9.93. The van der Waals surface area contributed by atoms with Gasteiger partial charge in [-0.15, -0.1) is 0 Å². The summed E-state index contributed by atoms with van der Waals surface area (Å²) in [7, 11) is 0. The molecule has 0 aromatic rings. The Morgan fingerprint density at radius 2 is 1.80 bits per heavy atom. The highest BCUT2D eigenvalue weighted by Gasteiger charge is 2.68. The van der Waals surface area contributed by atoms with Gasteiger partial charge in [0.15, 0.2) is 5.78 Å². The molecule has 0 heterocycles. The minimum absolute atomic E-state index is 0.0624. The van der Waals surface area contributed by atoms with Crippen LogP contribution in [0.1, 0.15) is 47.5 Å². The van der Waals surface area contributed by atoms with Crippen LogP contribution in [-0.4, -0.2) is 5.78 Å². The fourth-order valence-corrected chi connectivity index (χ4v) is 2.67. The topological polar surface area (TPSA) is 40.9 Å². The molecule has 1 unspecified atom stereocenters. The van der Waals surface area contributed by atoms with Gasteiger partial charge in [-0.3, -0.25) is 4.79 Å². The Kier molecular flexibility index (Phi) is 2.96. The molecule has 0 radical (unpaired) electrons. The number of hydrogen-bond acceptors (Lipinski definition) is 2. The molecular weight excluding hydrogens is 186 g/mol. The summed E-state index contributed by atoms with van der Waals surface area (Å²) in [5.74, 6) is -0.156. The van der Waals surface area contributed by atoms with Gasteiger partial charge in [0.2, 0.25) is 0 Å². The summed E-state index contributed by atoms with van der Waals surface area (Å²) in [5, 5.41) is 8.97. The molecule has 0 saturated heterocycles. The van der Waals surface area contributed by atoms with Crippen molar-refractivity contribution in [3.63, 3.8) is 0 Å². The van der Waals surface area contributed by atoms with Crippen molar-refractivity contribution in [1.29, 1.82) is 5.26 Å². The van der Waals surface area contributed by atoms with Crippen LogP contribution in [0.4, 0.5) is 0 Å². The van der Waals surface area contributed by atoms with Crippen LogP contribution in [0.3, 0.4) is 0 Å². The van der Waals surface area contributed by atoms with Gasteiger partial charge in [-0.1, -0.05) is 41.0 Å². The molecule has 0 aliphatic heterocycles. The van der Waals surface area contributed by atoms with Gasteiger partial charge < -0.3 is 0 Å². The van der Waals surface area contributed by atoms with Gasteiger partial charge >= 0.3 is 0 Å². The zero-order valence-electron chi connectivity index (χ0n) is 10.4. The minimum atomic E-state index is -0.388. The number of ketones is 1. The molecule has 1 atom stereocenters. The van der Waals surface area contributed by atoms with Crippen molar-refractivity contribution >= 4 is 5.78 Å². The maximum atomic E-state index is 12.1. The monoisotopic (exact) mass is 207 g/mol. The van der Waals surface area contributed by atoms with Crippen molar-refractivity contribution < 1.29 is 4.79 Å². The molecule has 84 valence electrons. The summed E-state index contributed by atoms with van der Waals surface area (Å²) in [6.07, 6.45) is 1.61. The van der Waals surface area contributed by atoms with Gasteiger partial charge in [0.05, 0.1) is 6.07 Å². The van der Waals surface area contributed by atoms with Crippen LogP contribution in [0.25, 0.3) is 0 Å². The van der Waals surface area contributed by atoms with E-state index < -0.39 is 0 Å². The van der Waals surface area contributed by atoms with E-state index in [9.17, 15) is 4.79 Å². The minimum Gasteiger partial charge on any atom is -0.298 e. The second-order valence-electron chi connectivity index (χ2n) is 5.75. The maximum absolute atomic E-state index is 12.1. The second-order valence-corrected chi connectivity index (χ2v) is 5.75. The molecule has 0 bridgehead atoms. The number of Topliss-reactive ketones (excluding diaryl/α,β-unsaturated/α-hetero) is 1. The van der Waals surface area contributed by atoms with Crippen molar-refractivity contribution in [3.05, 3.63) is 0 Å². The molecule has 0 aromatic carbocycles. The zero-order valence-corrected chi connectivity index (χ0v) is 10.4. The zero-order chi connectivity index (χ0) is 11.9. The van der Waals surface area contributed by atoms with Gasteiger partial charge in [0, 0.05) is 5.92 Å². The summed E-state index contributed by atoms with van der Waals surface area (Å²) in [6, 6.07) is 2.15. The number of carbonyl (C=O) groups excluding carboxylic acids is 1. The van der Waals surface area contributed by atoms with Crippen molar-refractivity contribution in [1.82, 2.24) is 0 Å². The maximum Gasteiger partial charge on any atom is 0.154 e. The Labute approximate surface area is 92.7 Å². The van der Waals surface area contributed by atoms with Crippen LogP contribution < -0.4 is 0 Å². The summed E-state index contributed by atoms with van der Waals surface area (Å²) in [5.41, 5.74) is 0.125. The fourth-order valence-electron chi connectivity index (χ4n) is 2.67. The third kappa shape index (κ3) is 1.69. The van der Waals surface area contributed by atoms with Gasteiger partial charge in [-0.05, 0) is 17.3 Å². The molecule has 0 amide bonds. The Morgan fingerprint density at radius 3 is 2.07 bits per heavy atom. The number of hydrogen-bond donors (Lipinski definition) is 0. The quantitative estimate of drug-likeness (QED) is 0.710. The van der Waals surface area contributed by atoms with E-state index in [1.807, 2.05) is 6.92 Å². The summed E-state index contributed by atoms with van der Waals surface area (Å²) in [6.45, 7) is 10.5. The largest absolute Gasteiger partial charge is 0.298 e. The van der Waals surface area contributed by atoms with Gasteiger partial charge in [-0.25, -0.2) is 0 Å². The fraction of sp³-hybridized carbons (Fsp3) is 0.846. The third-order valence-electron chi connectivity index (χ3n) is 4.38. The van der Waals surface area contributed by atoms with E-state index in [1.165, 1.54) is 0 Å². The molecule has 15 heavy (non-hydrogen) atoms. The third-order valence-corrected chi connectivity index (χ3v) is 4.38. The average molecular weight is 207 g/mol. The Balaban J connectivity index is 2.77. The molecule has 0 aromatic heterocycles. The van der Waals surface area contributed by atoms with E-state index in [4.69, 9.17) is 5.26 Å². The smallest absolute Gasteiger partial charge is 0.154 e. The Hall–Kier alpha value is -0.840. The van der Waals surface area contributed by atoms with Gasteiger partial charge in [0.25, 0.3) is 0 Å². The standard InChI is InChI=1S/C13H21NO/c1-6-7-9(8-14)10(15)11-12(2,3)13(11,4)5/h9,11H,6-7H2,1-5H3. The molecule has 1 rings (SSSR count). The van der Waals surface area contributed by atoms with Gasteiger partial charge in [-0.2, -0.15) is 5.26 Å². The van der Waals surface area contributed by atoms with E-state index >= 15 is 0 Å². The highest BCUT2D eigenvalue weighted by atomic mass is 16.1. The van der Waals surface area contributed by atoms with Crippen LogP contribution in [0.5, 0.6) is 0 Å². The molecule has 1 aliphatic carbocycles. The van der Waals surface area contributed by atoms with Crippen molar-refractivity contribution in [3.8, 4) is 6.07 Å². The molecular formula is C13H21NO. The first-order valence-corrected chi connectivity index (χ1v) is 5.74. The molecule has 1 saturated carbocycles. The first-order valence-electron chi connectivity index (χ1n) is 5.74.